The number of aryl methyl sites for hydroxylation is 3. The molecule has 0 fully saturated rings. The molecular formula is C20H19N3. The van der Waals surface area contributed by atoms with Gasteiger partial charge in [0.05, 0.1) is 18.7 Å². The zero-order valence-corrected chi connectivity index (χ0v) is 13.2. The molecule has 0 aliphatic heterocycles. The van der Waals surface area contributed by atoms with Crippen LogP contribution in [0.5, 0.6) is 0 Å². The van der Waals surface area contributed by atoms with Crippen molar-refractivity contribution in [2.24, 2.45) is 0 Å². The number of hydrogen-bond acceptors (Lipinski definition) is 2. The number of rotatable bonds is 5. The topological polar surface area (TPSA) is 41.6 Å². The minimum atomic E-state index is 0.461. The Labute approximate surface area is 136 Å². The number of nitrogens with zero attached hydrogens (tertiary/aromatic N) is 3. The molecule has 114 valence electrons. The molecule has 0 aliphatic rings. The Balaban J connectivity index is 1.72. The second-order valence-corrected chi connectivity index (χ2v) is 5.70. The molecule has 1 heterocycles. The summed E-state index contributed by atoms with van der Waals surface area (Å²) in [4.78, 5) is 0. The minimum absolute atomic E-state index is 0.461. The Bertz CT molecular complexity index is 826. The summed E-state index contributed by atoms with van der Waals surface area (Å²) in [5, 5.41) is 13.3. The van der Waals surface area contributed by atoms with Crippen LogP contribution in [0, 0.1) is 18.3 Å². The van der Waals surface area contributed by atoms with Crippen LogP contribution in [0.2, 0.25) is 0 Å². The maximum atomic E-state index is 8.82. The maximum absolute atomic E-state index is 8.82. The second kappa shape index (κ2) is 6.93. The predicted octanol–water partition coefficient (Wildman–Crippen LogP) is 4.17. The smallest absolute Gasteiger partial charge is 0.0669 e. The van der Waals surface area contributed by atoms with E-state index in [4.69, 9.17) is 5.26 Å². The molecule has 0 aliphatic carbocycles. The standard InChI is InChI=1S/C20H19N3/c1-16-13-19(8-7-18(16)9-11-21)20-14-22-23(15-20)12-10-17-5-3-2-4-6-17/h2-8,13-15H,9-10,12H2,1H3. The first-order chi connectivity index (χ1) is 11.3. The van der Waals surface area contributed by atoms with Crippen molar-refractivity contribution in [3.8, 4) is 17.2 Å². The molecule has 0 spiro atoms. The van der Waals surface area contributed by atoms with Gasteiger partial charge in [0.25, 0.3) is 0 Å². The van der Waals surface area contributed by atoms with Crippen LogP contribution in [0.25, 0.3) is 11.1 Å². The largest absolute Gasteiger partial charge is 0.272 e. The molecule has 1 aromatic heterocycles. The predicted molar refractivity (Wildman–Crippen MR) is 91.9 cm³/mol. The van der Waals surface area contributed by atoms with Gasteiger partial charge in [0.1, 0.15) is 0 Å². The third-order valence-corrected chi connectivity index (χ3v) is 4.05. The van der Waals surface area contributed by atoms with Gasteiger partial charge in [-0.3, -0.25) is 4.68 Å². The first-order valence-electron chi connectivity index (χ1n) is 7.79. The van der Waals surface area contributed by atoms with Crippen molar-refractivity contribution >= 4 is 0 Å². The normalized spacial score (nSPS) is 10.4. The highest BCUT2D eigenvalue weighted by Crippen LogP contribution is 2.22. The third kappa shape index (κ3) is 3.67. The molecule has 0 radical (unpaired) electrons. The monoisotopic (exact) mass is 301 g/mol. The summed E-state index contributed by atoms with van der Waals surface area (Å²) in [7, 11) is 0. The molecule has 2 aromatic carbocycles. The van der Waals surface area contributed by atoms with Gasteiger partial charge in [-0.25, -0.2) is 0 Å². The Hall–Kier alpha value is -2.86. The fourth-order valence-electron chi connectivity index (χ4n) is 2.68. The summed E-state index contributed by atoms with van der Waals surface area (Å²) in [5.74, 6) is 0. The Kier molecular flexibility index (Phi) is 4.54. The zero-order valence-electron chi connectivity index (χ0n) is 13.2. The number of aromatic nitrogens is 2. The number of hydrogen-bond donors (Lipinski definition) is 0. The first kappa shape index (κ1) is 15.1. The van der Waals surface area contributed by atoms with E-state index in [1.165, 1.54) is 5.56 Å². The van der Waals surface area contributed by atoms with Crippen molar-refractivity contribution in [1.29, 1.82) is 5.26 Å². The van der Waals surface area contributed by atoms with E-state index in [1.807, 2.05) is 23.0 Å². The molecule has 0 amide bonds. The zero-order chi connectivity index (χ0) is 16.1. The minimum Gasteiger partial charge on any atom is -0.272 e. The van der Waals surface area contributed by atoms with Gasteiger partial charge < -0.3 is 0 Å². The molecule has 0 N–H and O–H groups in total. The van der Waals surface area contributed by atoms with Gasteiger partial charge >= 0.3 is 0 Å². The molecule has 0 atom stereocenters. The van der Waals surface area contributed by atoms with E-state index < -0.39 is 0 Å². The van der Waals surface area contributed by atoms with Crippen LogP contribution in [-0.2, 0) is 19.4 Å². The van der Waals surface area contributed by atoms with Crippen molar-refractivity contribution in [3.05, 3.63) is 77.6 Å². The SMILES string of the molecule is Cc1cc(-c2cnn(CCc3ccccc3)c2)ccc1CC#N. The van der Waals surface area contributed by atoms with Crippen LogP contribution in [0.4, 0.5) is 0 Å². The van der Waals surface area contributed by atoms with E-state index in [2.05, 4.69) is 60.7 Å². The van der Waals surface area contributed by atoms with E-state index >= 15 is 0 Å². The van der Waals surface area contributed by atoms with Crippen LogP contribution in [0.1, 0.15) is 16.7 Å². The second-order valence-electron chi connectivity index (χ2n) is 5.70. The van der Waals surface area contributed by atoms with Gasteiger partial charge in [0.2, 0.25) is 0 Å². The van der Waals surface area contributed by atoms with E-state index in [0.717, 1.165) is 35.2 Å². The molecule has 0 unspecified atom stereocenters. The highest BCUT2D eigenvalue weighted by molar-refractivity contribution is 5.63. The van der Waals surface area contributed by atoms with Crippen molar-refractivity contribution in [1.82, 2.24) is 9.78 Å². The fraction of sp³-hybridized carbons (Fsp3) is 0.200. The summed E-state index contributed by atoms with van der Waals surface area (Å²) in [5.41, 5.74) is 5.83. The lowest BCUT2D eigenvalue weighted by molar-refractivity contribution is 0.615. The van der Waals surface area contributed by atoms with Gasteiger partial charge in [-0.1, -0.05) is 48.5 Å². The van der Waals surface area contributed by atoms with E-state index in [9.17, 15) is 0 Å². The van der Waals surface area contributed by atoms with Gasteiger partial charge in [0.15, 0.2) is 0 Å². The van der Waals surface area contributed by atoms with Crippen molar-refractivity contribution < 1.29 is 0 Å². The highest BCUT2D eigenvalue weighted by atomic mass is 15.3. The summed E-state index contributed by atoms with van der Waals surface area (Å²) < 4.78 is 1.99. The fourth-order valence-corrected chi connectivity index (χ4v) is 2.68. The molecule has 0 saturated carbocycles. The number of benzene rings is 2. The Morgan fingerprint density at radius 1 is 1.09 bits per heavy atom. The third-order valence-electron chi connectivity index (χ3n) is 4.05. The van der Waals surface area contributed by atoms with Crippen LogP contribution >= 0.6 is 0 Å². The van der Waals surface area contributed by atoms with Crippen LogP contribution < -0.4 is 0 Å². The molecule has 3 rings (SSSR count). The van der Waals surface area contributed by atoms with Crippen molar-refractivity contribution in [2.75, 3.05) is 0 Å². The van der Waals surface area contributed by atoms with Gasteiger partial charge in [-0.2, -0.15) is 10.4 Å². The average Bonchev–Trinajstić information content (AvgIpc) is 3.05. The molecule has 0 saturated heterocycles. The van der Waals surface area contributed by atoms with E-state index in [0.29, 0.717) is 6.42 Å². The quantitative estimate of drug-likeness (QED) is 0.710. The van der Waals surface area contributed by atoms with Crippen molar-refractivity contribution in [3.63, 3.8) is 0 Å². The molecular weight excluding hydrogens is 282 g/mol. The van der Waals surface area contributed by atoms with Crippen LogP contribution in [-0.4, -0.2) is 9.78 Å². The van der Waals surface area contributed by atoms with Gasteiger partial charge in [0, 0.05) is 18.3 Å². The summed E-state index contributed by atoms with van der Waals surface area (Å²) in [6.45, 7) is 2.92. The Morgan fingerprint density at radius 2 is 1.91 bits per heavy atom. The number of nitriles is 1. The van der Waals surface area contributed by atoms with Gasteiger partial charge in [-0.05, 0) is 35.6 Å². The molecule has 3 nitrogen and oxygen atoms in total. The summed E-state index contributed by atoms with van der Waals surface area (Å²) in [6, 6.07) is 18.9. The molecule has 3 aromatic rings. The van der Waals surface area contributed by atoms with Crippen molar-refractivity contribution in [2.45, 2.75) is 26.3 Å². The lowest BCUT2D eigenvalue weighted by Crippen LogP contribution is -2.01. The summed E-state index contributed by atoms with van der Waals surface area (Å²) in [6.07, 6.45) is 5.43. The van der Waals surface area contributed by atoms with Gasteiger partial charge in [-0.15, -0.1) is 0 Å². The lowest BCUT2D eigenvalue weighted by atomic mass is 10.0. The highest BCUT2D eigenvalue weighted by Gasteiger charge is 2.05. The summed E-state index contributed by atoms with van der Waals surface area (Å²) >= 11 is 0. The molecule has 23 heavy (non-hydrogen) atoms. The maximum Gasteiger partial charge on any atom is 0.0669 e. The molecule has 0 bridgehead atoms. The van der Waals surface area contributed by atoms with E-state index in [-0.39, 0.29) is 0 Å². The lowest BCUT2D eigenvalue weighted by Gasteiger charge is -2.04. The molecule has 3 heteroatoms. The average molecular weight is 301 g/mol. The Morgan fingerprint density at radius 3 is 2.65 bits per heavy atom. The first-order valence-corrected chi connectivity index (χ1v) is 7.79. The van der Waals surface area contributed by atoms with Crippen LogP contribution in [0.15, 0.2) is 60.9 Å². The van der Waals surface area contributed by atoms with Crippen LogP contribution in [0.3, 0.4) is 0 Å². The van der Waals surface area contributed by atoms with E-state index in [1.54, 1.807) is 0 Å².